The highest BCUT2D eigenvalue weighted by Gasteiger charge is 2.20. The summed E-state index contributed by atoms with van der Waals surface area (Å²) in [6, 6.07) is 3.49. The Labute approximate surface area is 151 Å². The molecule has 134 valence electrons. The zero-order valence-corrected chi connectivity index (χ0v) is 15.3. The van der Waals surface area contributed by atoms with Gasteiger partial charge in [-0.05, 0) is 45.2 Å². The van der Waals surface area contributed by atoms with Crippen molar-refractivity contribution in [2.45, 2.75) is 50.0 Å². The molecule has 2 aromatic rings. The van der Waals surface area contributed by atoms with Gasteiger partial charge in [-0.2, -0.15) is 0 Å². The second kappa shape index (κ2) is 8.49. The molecular weight excluding hydrogens is 340 g/mol. The Bertz CT molecular complexity index is 706. The number of pyridine rings is 1. The van der Waals surface area contributed by atoms with Gasteiger partial charge in [-0.25, -0.2) is 9.78 Å². The average molecular weight is 362 g/mol. The van der Waals surface area contributed by atoms with Gasteiger partial charge in [-0.1, -0.05) is 5.16 Å². The van der Waals surface area contributed by atoms with Crippen LogP contribution in [0.15, 0.2) is 27.9 Å². The molecule has 1 aliphatic rings. The van der Waals surface area contributed by atoms with Crippen LogP contribution in [0.5, 0.6) is 0 Å². The van der Waals surface area contributed by atoms with E-state index in [1.165, 1.54) is 11.8 Å². The van der Waals surface area contributed by atoms with Crippen molar-refractivity contribution >= 4 is 17.7 Å². The van der Waals surface area contributed by atoms with Crippen molar-refractivity contribution in [3.63, 3.8) is 0 Å². The molecule has 1 fully saturated rings. The topological polar surface area (TPSA) is 74.5 Å². The Morgan fingerprint density at radius 1 is 1.40 bits per heavy atom. The molecule has 3 heterocycles. The number of aryl methyl sites for hydroxylation is 2. The SMILES string of the molecule is Cc1noc(C)c1CSc1ncccc1C(=O)OCC1CCCCO1. The first-order valence-electron chi connectivity index (χ1n) is 8.43. The van der Waals surface area contributed by atoms with Gasteiger partial charge in [-0.15, -0.1) is 11.8 Å². The van der Waals surface area contributed by atoms with Gasteiger partial charge in [0.25, 0.3) is 0 Å². The highest BCUT2D eigenvalue weighted by Crippen LogP contribution is 2.27. The molecule has 3 rings (SSSR count). The van der Waals surface area contributed by atoms with E-state index in [2.05, 4.69) is 10.1 Å². The van der Waals surface area contributed by atoms with Gasteiger partial charge in [0.2, 0.25) is 0 Å². The van der Waals surface area contributed by atoms with Gasteiger partial charge in [0, 0.05) is 24.1 Å². The standard InChI is InChI=1S/C18H22N2O4S/c1-12-16(13(2)24-20-12)11-25-17-15(7-5-8-19-17)18(21)23-10-14-6-3-4-9-22-14/h5,7-8,14H,3-4,6,9-11H2,1-2H3. The second-order valence-corrected chi connectivity index (χ2v) is 7.00. The van der Waals surface area contributed by atoms with Crippen LogP contribution in [0.25, 0.3) is 0 Å². The monoisotopic (exact) mass is 362 g/mol. The fourth-order valence-electron chi connectivity index (χ4n) is 2.69. The predicted octanol–water partition coefficient (Wildman–Crippen LogP) is 3.70. The number of nitrogens with zero attached hydrogens (tertiary/aromatic N) is 2. The first-order valence-corrected chi connectivity index (χ1v) is 9.42. The molecule has 0 amide bonds. The molecule has 0 aromatic carbocycles. The summed E-state index contributed by atoms with van der Waals surface area (Å²) in [5, 5.41) is 4.60. The average Bonchev–Trinajstić information content (AvgIpc) is 2.97. The summed E-state index contributed by atoms with van der Waals surface area (Å²) < 4.78 is 16.2. The van der Waals surface area contributed by atoms with E-state index in [0.717, 1.165) is 42.9 Å². The van der Waals surface area contributed by atoms with Crippen LogP contribution >= 0.6 is 11.8 Å². The minimum atomic E-state index is -0.358. The molecule has 0 N–H and O–H groups in total. The van der Waals surface area contributed by atoms with Crippen molar-refractivity contribution in [1.82, 2.24) is 10.1 Å². The predicted molar refractivity (Wildman–Crippen MR) is 93.6 cm³/mol. The second-order valence-electron chi connectivity index (χ2n) is 6.03. The minimum absolute atomic E-state index is 0.00720. The van der Waals surface area contributed by atoms with Gasteiger partial charge < -0.3 is 14.0 Å². The number of carbonyl (C=O) groups is 1. The molecule has 7 heteroatoms. The molecule has 6 nitrogen and oxygen atoms in total. The quantitative estimate of drug-likeness (QED) is 0.573. The van der Waals surface area contributed by atoms with Gasteiger partial charge in [-0.3, -0.25) is 0 Å². The maximum atomic E-state index is 12.4. The molecule has 2 aromatic heterocycles. The number of thioether (sulfide) groups is 1. The zero-order valence-electron chi connectivity index (χ0n) is 14.5. The molecule has 0 aliphatic carbocycles. The molecule has 25 heavy (non-hydrogen) atoms. The van der Waals surface area contributed by atoms with E-state index in [4.69, 9.17) is 14.0 Å². The smallest absolute Gasteiger partial charge is 0.340 e. The van der Waals surface area contributed by atoms with Crippen molar-refractivity contribution in [1.29, 1.82) is 0 Å². The van der Waals surface area contributed by atoms with Crippen LogP contribution in [0, 0.1) is 13.8 Å². The Hall–Kier alpha value is -1.86. The van der Waals surface area contributed by atoms with Crippen molar-refractivity contribution in [2.75, 3.05) is 13.2 Å². The lowest BCUT2D eigenvalue weighted by molar-refractivity contribution is -0.0301. The van der Waals surface area contributed by atoms with Crippen LogP contribution < -0.4 is 0 Å². The maximum absolute atomic E-state index is 12.4. The fourth-order valence-corrected chi connectivity index (χ4v) is 3.83. The van der Waals surface area contributed by atoms with E-state index < -0.39 is 0 Å². The van der Waals surface area contributed by atoms with Crippen molar-refractivity contribution in [2.24, 2.45) is 0 Å². The van der Waals surface area contributed by atoms with Gasteiger partial charge in [0.1, 0.15) is 17.4 Å². The van der Waals surface area contributed by atoms with Crippen LogP contribution in [0.4, 0.5) is 0 Å². The van der Waals surface area contributed by atoms with Gasteiger partial charge >= 0.3 is 5.97 Å². The van der Waals surface area contributed by atoms with Gasteiger partial charge in [0.15, 0.2) is 0 Å². The minimum Gasteiger partial charge on any atom is -0.459 e. The largest absolute Gasteiger partial charge is 0.459 e. The zero-order chi connectivity index (χ0) is 17.6. The number of hydrogen-bond donors (Lipinski definition) is 0. The van der Waals surface area contributed by atoms with Crippen molar-refractivity contribution < 1.29 is 18.8 Å². The highest BCUT2D eigenvalue weighted by molar-refractivity contribution is 7.98. The van der Waals surface area contributed by atoms with E-state index >= 15 is 0 Å². The summed E-state index contributed by atoms with van der Waals surface area (Å²) in [5.41, 5.74) is 2.38. The third-order valence-corrected chi connectivity index (χ3v) is 5.23. The van der Waals surface area contributed by atoms with Crippen LogP contribution in [-0.2, 0) is 15.2 Å². The third-order valence-electron chi connectivity index (χ3n) is 4.20. The molecule has 1 unspecified atom stereocenters. The van der Waals surface area contributed by atoms with Crippen LogP contribution in [0.1, 0.15) is 46.6 Å². The summed E-state index contributed by atoms with van der Waals surface area (Å²) in [6.07, 6.45) is 4.82. The van der Waals surface area contributed by atoms with E-state index in [0.29, 0.717) is 22.9 Å². The molecule has 0 spiro atoms. The lowest BCUT2D eigenvalue weighted by Crippen LogP contribution is -2.26. The van der Waals surface area contributed by atoms with Crippen LogP contribution in [-0.4, -0.2) is 35.4 Å². The number of ether oxygens (including phenoxy) is 2. The number of hydrogen-bond acceptors (Lipinski definition) is 7. The van der Waals surface area contributed by atoms with E-state index in [1.54, 1.807) is 18.3 Å². The number of carbonyl (C=O) groups excluding carboxylic acids is 1. The summed E-state index contributed by atoms with van der Waals surface area (Å²) in [5.74, 6) is 1.08. The number of rotatable bonds is 6. The molecule has 1 atom stereocenters. The Morgan fingerprint density at radius 3 is 3.00 bits per heavy atom. The Kier molecular flexibility index (Phi) is 6.09. The third kappa shape index (κ3) is 4.61. The Morgan fingerprint density at radius 2 is 2.28 bits per heavy atom. The molecule has 0 radical (unpaired) electrons. The molecule has 0 saturated carbocycles. The number of esters is 1. The summed E-state index contributed by atoms with van der Waals surface area (Å²) in [6.45, 7) is 4.83. The maximum Gasteiger partial charge on any atom is 0.340 e. The van der Waals surface area contributed by atoms with Crippen molar-refractivity contribution in [3.05, 3.63) is 40.9 Å². The molecule has 1 saturated heterocycles. The van der Waals surface area contributed by atoms with E-state index in [9.17, 15) is 4.79 Å². The highest BCUT2D eigenvalue weighted by atomic mass is 32.2. The first kappa shape index (κ1) is 17.9. The molecular formula is C18H22N2O4S. The van der Waals surface area contributed by atoms with Gasteiger partial charge in [0.05, 0.1) is 17.4 Å². The fraction of sp³-hybridized carbons (Fsp3) is 0.500. The Balaban J connectivity index is 1.62. The van der Waals surface area contributed by atoms with E-state index in [1.807, 2.05) is 13.8 Å². The van der Waals surface area contributed by atoms with Crippen LogP contribution in [0.2, 0.25) is 0 Å². The summed E-state index contributed by atoms with van der Waals surface area (Å²) in [7, 11) is 0. The normalized spacial score (nSPS) is 17.4. The number of aromatic nitrogens is 2. The van der Waals surface area contributed by atoms with Crippen LogP contribution in [0.3, 0.4) is 0 Å². The lowest BCUT2D eigenvalue weighted by atomic mass is 10.1. The summed E-state index contributed by atoms with van der Waals surface area (Å²) in [4.78, 5) is 16.8. The summed E-state index contributed by atoms with van der Waals surface area (Å²) >= 11 is 1.48. The molecule has 1 aliphatic heterocycles. The first-order chi connectivity index (χ1) is 12.1. The van der Waals surface area contributed by atoms with E-state index in [-0.39, 0.29) is 12.1 Å². The lowest BCUT2D eigenvalue weighted by Gasteiger charge is -2.22. The van der Waals surface area contributed by atoms with Crippen molar-refractivity contribution in [3.8, 4) is 0 Å². The molecule has 0 bridgehead atoms.